The van der Waals surface area contributed by atoms with E-state index in [-0.39, 0.29) is 112 Å². The van der Waals surface area contributed by atoms with E-state index in [4.69, 9.17) is 9.72 Å². The summed E-state index contributed by atoms with van der Waals surface area (Å²) in [6.07, 6.45) is 1.83. The Hall–Kier alpha value is -7.48. The van der Waals surface area contributed by atoms with Crippen LogP contribution in [0.1, 0.15) is 129 Å². The number of benzene rings is 2. The average molecular weight is 1020 g/mol. The number of carbonyl (C=O) groups is 9. The molecule has 8 rings (SSSR count). The number of Topliss-reactive ketones (excluding diaryl/α,β-unsaturated/α-hetero) is 2. The van der Waals surface area contributed by atoms with Gasteiger partial charge in [0.05, 0.1) is 54.2 Å². The maximum Gasteiger partial charge on any atom is 0.343 e. The number of imide groups is 1. The van der Waals surface area contributed by atoms with Crippen LogP contribution in [-0.2, 0) is 79.5 Å². The van der Waals surface area contributed by atoms with Crippen LogP contribution in [0.3, 0.4) is 0 Å². The minimum atomic E-state index is -2.06. The first-order valence-corrected chi connectivity index (χ1v) is 25.2. The Morgan fingerprint density at radius 3 is 2.34 bits per heavy atom. The third-order valence-corrected chi connectivity index (χ3v) is 14.6. The van der Waals surface area contributed by atoms with E-state index in [1.165, 1.54) is 15.5 Å². The number of hydrogen-bond donors (Lipinski definition) is 5. The van der Waals surface area contributed by atoms with Crippen molar-refractivity contribution in [3.05, 3.63) is 97.6 Å². The summed E-state index contributed by atoms with van der Waals surface area (Å²) in [6.45, 7) is 4.30. The molecular formula is C54H60FN7O12. The van der Waals surface area contributed by atoms with Gasteiger partial charge in [0.1, 0.15) is 12.4 Å². The summed E-state index contributed by atoms with van der Waals surface area (Å²) >= 11 is 0. The van der Waals surface area contributed by atoms with Crippen LogP contribution in [0.5, 0.6) is 0 Å². The van der Waals surface area contributed by atoms with Crippen LogP contribution >= 0.6 is 0 Å². The van der Waals surface area contributed by atoms with E-state index in [0.717, 1.165) is 11.1 Å². The number of hydrogen-bond acceptors (Lipinski definition) is 13. The number of ether oxygens (including phenoxy) is 1. The van der Waals surface area contributed by atoms with Gasteiger partial charge in [-0.2, -0.15) is 0 Å². The first-order valence-electron chi connectivity index (χ1n) is 25.2. The summed E-state index contributed by atoms with van der Waals surface area (Å²) in [7, 11) is 0. The van der Waals surface area contributed by atoms with E-state index in [2.05, 4.69) is 21.3 Å². The number of likely N-dealkylation sites (tertiary alicyclic amines) is 1. The molecule has 5 heterocycles. The Kier molecular flexibility index (Phi) is 15.9. The number of cyclic esters (lactones) is 1. The number of ketones is 2. The Morgan fingerprint density at radius 1 is 0.878 bits per heavy atom. The Morgan fingerprint density at radius 2 is 1.61 bits per heavy atom. The third-order valence-electron chi connectivity index (χ3n) is 14.6. The average Bonchev–Trinajstić information content (AvgIpc) is 3.87. The maximum atomic E-state index is 15.4. The van der Waals surface area contributed by atoms with Crippen LogP contribution < -0.4 is 26.8 Å². The molecule has 19 nitrogen and oxygen atoms in total. The highest BCUT2D eigenvalue weighted by molar-refractivity contribution is 6.03. The van der Waals surface area contributed by atoms with Gasteiger partial charge in [0.2, 0.25) is 35.4 Å². The highest BCUT2D eigenvalue weighted by Crippen LogP contribution is 2.46. The number of aromatic nitrogens is 2. The number of nitrogens with one attached hydrogen (secondary N) is 4. The van der Waals surface area contributed by atoms with Gasteiger partial charge in [-0.05, 0) is 73.8 Å². The lowest BCUT2D eigenvalue weighted by atomic mass is 9.81. The molecule has 2 aromatic heterocycles. The molecule has 0 spiro atoms. The van der Waals surface area contributed by atoms with Crippen molar-refractivity contribution in [2.75, 3.05) is 19.6 Å². The van der Waals surface area contributed by atoms with Gasteiger partial charge in [-0.3, -0.25) is 48.1 Å². The zero-order valence-electron chi connectivity index (χ0n) is 41.7. The molecule has 1 unspecified atom stereocenters. The SMILES string of the molecule is CC[C@@]1(O)C(=O)OCc2c1cc1n(c2=O)Cc2c-1nc1cc(F)c(C)c3c1c2[C@@H](NC(=O)CNC(=O)CCC(=O)[C@H](Cc1ccccc1)NC(=O)CCC(=O)CNC(=O)CCCCCN1C(=O)CC(C)C1=O)CC3. The molecule has 4 aliphatic rings. The molecule has 1 fully saturated rings. The smallest absolute Gasteiger partial charge is 0.343 e. The van der Waals surface area contributed by atoms with Crippen molar-refractivity contribution in [3.8, 4) is 11.4 Å². The normalized spacial score (nSPS) is 18.8. The monoisotopic (exact) mass is 1020 g/mol. The third kappa shape index (κ3) is 11.0. The van der Waals surface area contributed by atoms with Crippen LogP contribution in [0.15, 0.2) is 47.3 Å². The van der Waals surface area contributed by atoms with Crippen molar-refractivity contribution >= 4 is 63.9 Å². The second kappa shape index (κ2) is 22.3. The molecule has 0 bridgehead atoms. The van der Waals surface area contributed by atoms with Crippen LogP contribution in [-0.4, -0.2) is 98.2 Å². The number of aliphatic hydroxyl groups is 1. The quantitative estimate of drug-likeness (QED) is 0.0379. The predicted octanol–water partition coefficient (Wildman–Crippen LogP) is 3.24. The van der Waals surface area contributed by atoms with Gasteiger partial charge >= 0.3 is 5.97 Å². The van der Waals surface area contributed by atoms with Gasteiger partial charge in [-0.15, -0.1) is 0 Å². The lowest BCUT2D eigenvalue weighted by Gasteiger charge is -2.31. The molecule has 5 N–H and O–H groups in total. The number of pyridine rings is 2. The van der Waals surface area contributed by atoms with Crippen LogP contribution in [0.25, 0.3) is 22.3 Å². The maximum absolute atomic E-state index is 15.4. The second-order valence-electron chi connectivity index (χ2n) is 19.6. The number of nitrogens with zero attached hydrogens (tertiary/aromatic N) is 3. The minimum absolute atomic E-state index is 0.0450. The first kappa shape index (κ1) is 52.8. The fourth-order valence-corrected chi connectivity index (χ4v) is 10.4. The fraction of sp³-hybridized carbons (Fsp3) is 0.463. The number of amides is 6. The fourth-order valence-electron chi connectivity index (χ4n) is 10.4. The van der Waals surface area contributed by atoms with Crippen LogP contribution in [0.2, 0.25) is 0 Å². The van der Waals surface area contributed by atoms with Gasteiger partial charge in [0.15, 0.2) is 17.2 Å². The zero-order chi connectivity index (χ0) is 53.0. The molecule has 4 atom stereocenters. The second-order valence-corrected chi connectivity index (χ2v) is 19.6. The molecule has 74 heavy (non-hydrogen) atoms. The molecule has 2 aromatic carbocycles. The van der Waals surface area contributed by atoms with Crippen LogP contribution in [0, 0.1) is 18.7 Å². The molecule has 0 saturated carbocycles. The van der Waals surface area contributed by atoms with Gasteiger partial charge in [0.25, 0.3) is 5.56 Å². The van der Waals surface area contributed by atoms with E-state index in [9.17, 15) is 53.1 Å². The number of carbonyl (C=O) groups excluding carboxylic acids is 9. The number of halogens is 1. The Balaban J connectivity index is 0.838. The lowest BCUT2D eigenvalue weighted by Crippen LogP contribution is -2.44. The predicted molar refractivity (Wildman–Crippen MR) is 264 cm³/mol. The molecule has 1 aliphatic carbocycles. The molecule has 390 valence electrons. The van der Waals surface area contributed by atoms with Crippen molar-refractivity contribution in [3.63, 3.8) is 0 Å². The summed E-state index contributed by atoms with van der Waals surface area (Å²) in [5.41, 5.74) is 1.86. The summed E-state index contributed by atoms with van der Waals surface area (Å²) in [6, 6.07) is 10.1. The topological polar surface area (TPSA) is 269 Å². The molecule has 1 saturated heterocycles. The number of rotatable bonds is 22. The highest BCUT2D eigenvalue weighted by Gasteiger charge is 2.46. The minimum Gasteiger partial charge on any atom is -0.458 e. The van der Waals surface area contributed by atoms with Gasteiger partial charge < -0.3 is 35.7 Å². The molecule has 20 heteroatoms. The van der Waals surface area contributed by atoms with Crippen molar-refractivity contribution in [1.29, 1.82) is 0 Å². The summed E-state index contributed by atoms with van der Waals surface area (Å²) < 4.78 is 22.1. The largest absolute Gasteiger partial charge is 0.458 e. The number of unbranched alkanes of at least 4 members (excludes halogenated alkanes) is 2. The molecule has 4 aromatic rings. The van der Waals surface area contributed by atoms with Crippen LogP contribution in [0.4, 0.5) is 4.39 Å². The standard InChI is InChI=1S/C54H60FN7O12/c1-4-54(73)36-23-41-50-34(27-62(41)52(71)35(36)28-74-53(54)72)49-38(16-15-33-30(3)37(55)24-40(60-50)48(33)49)58-46(68)26-57-44(66)19-17-42(64)39(22-31-11-7-5-8-12-31)59-45(67)18-14-32(63)25-56-43(65)13-9-6-10-20-61-47(69)21-29(2)51(61)70/h5,7-8,11-12,23-24,29,38-39,73H,4,6,9-10,13-22,25-28H2,1-3H3,(H,56,65)(H,57,66)(H,58,68)(H,59,67)/t29?,38-,39-,54-/m0/s1. The van der Waals surface area contributed by atoms with Crippen molar-refractivity contribution in [2.45, 2.75) is 135 Å². The van der Waals surface area contributed by atoms with Crippen molar-refractivity contribution in [1.82, 2.24) is 35.7 Å². The number of aryl methyl sites for hydroxylation is 1. The highest BCUT2D eigenvalue weighted by atomic mass is 19.1. The van der Waals surface area contributed by atoms with Gasteiger partial charge in [-0.25, -0.2) is 14.2 Å². The Labute approximate surface area is 425 Å². The summed E-state index contributed by atoms with van der Waals surface area (Å²) in [5, 5.41) is 22.9. The molecule has 0 radical (unpaired) electrons. The molecule has 3 aliphatic heterocycles. The van der Waals surface area contributed by atoms with Gasteiger partial charge in [0, 0.05) is 73.6 Å². The van der Waals surface area contributed by atoms with E-state index in [0.29, 0.717) is 77.6 Å². The summed E-state index contributed by atoms with van der Waals surface area (Å²) in [4.78, 5) is 135. The first-order chi connectivity index (χ1) is 35.4. The Bertz CT molecular complexity index is 3050. The zero-order valence-corrected chi connectivity index (χ0v) is 41.7. The summed E-state index contributed by atoms with van der Waals surface area (Å²) in [5.74, 6) is -4.92. The molecular weight excluding hydrogens is 958 g/mol. The number of fused-ring (bicyclic) bond motifs is 5. The van der Waals surface area contributed by atoms with Crippen molar-refractivity contribution in [2.24, 2.45) is 5.92 Å². The van der Waals surface area contributed by atoms with E-state index in [1.807, 2.05) is 0 Å². The molecule has 6 amide bonds. The van der Waals surface area contributed by atoms with E-state index < -0.39 is 65.1 Å². The van der Waals surface area contributed by atoms with Gasteiger partial charge in [-0.1, -0.05) is 50.6 Å². The lowest BCUT2D eigenvalue weighted by molar-refractivity contribution is -0.172. The van der Waals surface area contributed by atoms with E-state index in [1.54, 1.807) is 57.2 Å². The van der Waals surface area contributed by atoms with E-state index >= 15 is 4.39 Å². The van der Waals surface area contributed by atoms with Crippen molar-refractivity contribution < 1.29 is 57.4 Å². The number of esters is 1.